The van der Waals surface area contributed by atoms with Crippen molar-refractivity contribution in [3.05, 3.63) is 45.8 Å². The van der Waals surface area contributed by atoms with Gasteiger partial charge in [-0.1, -0.05) is 12.1 Å². The van der Waals surface area contributed by atoms with E-state index in [2.05, 4.69) is 26.3 Å². The smallest absolute Gasteiger partial charge is 0.353 e. The maximum absolute atomic E-state index is 11.7. The minimum absolute atomic E-state index is 0.0634. The summed E-state index contributed by atoms with van der Waals surface area (Å²) in [5, 5.41) is 14.9. The van der Waals surface area contributed by atoms with Crippen LogP contribution in [0.4, 0.5) is 17.3 Å². The molecular formula is C18H22N6O3. The zero-order valence-corrected chi connectivity index (χ0v) is 15.2. The van der Waals surface area contributed by atoms with Gasteiger partial charge >= 0.3 is 5.69 Å². The second-order valence-corrected chi connectivity index (χ2v) is 6.84. The van der Waals surface area contributed by atoms with Crippen molar-refractivity contribution in [2.75, 3.05) is 50.1 Å². The fraction of sp³-hybridized carbons (Fsp3) is 0.444. The molecule has 9 heteroatoms. The van der Waals surface area contributed by atoms with Gasteiger partial charge in [-0.15, -0.1) is 0 Å². The molecule has 0 spiro atoms. The predicted octanol–water partition coefficient (Wildman–Crippen LogP) is 1.68. The first-order chi connectivity index (χ1) is 13.1. The standard InChI is InChI=1S/C18H22N6O3/c1-22-5-7-23(8-6-22)18-16(24(25)26)17(20-12-21-18)19-11-13-2-3-15-14(10-13)4-9-27-15/h2-3,10,12H,4-9,11H2,1H3,(H,19,20,21). The summed E-state index contributed by atoms with van der Waals surface area (Å²) < 4.78 is 5.52. The van der Waals surface area contributed by atoms with Crippen molar-refractivity contribution in [1.29, 1.82) is 0 Å². The zero-order chi connectivity index (χ0) is 18.8. The van der Waals surface area contributed by atoms with Crippen molar-refractivity contribution in [2.45, 2.75) is 13.0 Å². The molecule has 2 aliphatic heterocycles. The summed E-state index contributed by atoms with van der Waals surface area (Å²) in [4.78, 5) is 23.8. The van der Waals surface area contributed by atoms with Gasteiger partial charge in [0.25, 0.3) is 0 Å². The number of anilines is 2. The molecule has 0 radical (unpaired) electrons. The van der Waals surface area contributed by atoms with Crippen molar-refractivity contribution in [1.82, 2.24) is 14.9 Å². The van der Waals surface area contributed by atoms with Crippen molar-refractivity contribution < 1.29 is 9.66 Å². The van der Waals surface area contributed by atoms with Crippen LogP contribution in [0, 0.1) is 10.1 Å². The van der Waals surface area contributed by atoms with E-state index in [-0.39, 0.29) is 11.5 Å². The number of nitro groups is 1. The molecular weight excluding hydrogens is 348 g/mol. The van der Waals surface area contributed by atoms with Crippen LogP contribution in [-0.2, 0) is 13.0 Å². The van der Waals surface area contributed by atoms with Crippen molar-refractivity contribution >= 4 is 17.3 Å². The van der Waals surface area contributed by atoms with Gasteiger partial charge in [0.2, 0.25) is 11.6 Å². The molecule has 1 aromatic carbocycles. The predicted molar refractivity (Wildman–Crippen MR) is 101 cm³/mol. The molecule has 0 amide bonds. The molecule has 0 aliphatic carbocycles. The first-order valence-corrected chi connectivity index (χ1v) is 9.03. The highest BCUT2D eigenvalue weighted by molar-refractivity contribution is 5.70. The third-order valence-electron chi connectivity index (χ3n) is 5.00. The van der Waals surface area contributed by atoms with E-state index in [0.29, 0.717) is 32.1 Å². The lowest BCUT2D eigenvalue weighted by Gasteiger charge is -2.32. The number of rotatable bonds is 5. The van der Waals surface area contributed by atoms with Crippen LogP contribution >= 0.6 is 0 Å². The highest BCUT2D eigenvalue weighted by Gasteiger charge is 2.28. The number of nitrogens with zero attached hydrogens (tertiary/aromatic N) is 5. The average molecular weight is 370 g/mol. The molecule has 3 heterocycles. The van der Waals surface area contributed by atoms with E-state index >= 15 is 0 Å². The number of fused-ring (bicyclic) bond motifs is 1. The van der Waals surface area contributed by atoms with E-state index in [1.165, 1.54) is 11.9 Å². The lowest BCUT2D eigenvalue weighted by Crippen LogP contribution is -2.45. The summed E-state index contributed by atoms with van der Waals surface area (Å²) in [5.74, 6) is 1.55. The van der Waals surface area contributed by atoms with E-state index < -0.39 is 4.92 Å². The largest absolute Gasteiger partial charge is 0.493 e. The minimum atomic E-state index is -0.396. The average Bonchev–Trinajstić information content (AvgIpc) is 3.14. The Hall–Kier alpha value is -2.94. The van der Waals surface area contributed by atoms with Crippen LogP contribution in [0.1, 0.15) is 11.1 Å². The Kier molecular flexibility index (Phi) is 4.76. The first kappa shape index (κ1) is 17.5. The molecule has 142 valence electrons. The van der Waals surface area contributed by atoms with Crippen molar-refractivity contribution in [2.24, 2.45) is 0 Å². The Labute approximate surface area is 157 Å². The second-order valence-electron chi connectivity index (χ2n) is 6.84. The van der Waals surface area contributed by atoms with Crippen LogP contribution in [0.5, 0.6) is 5.75 Å². The Morgan fingerprint density at radius 3 is 2.85 bits per heavy atom. The summed E-state index contributed by atoms with van der Waals surface area (Å²) in [7, 11) is 2.04. The van der Waals surface area contributed by atoms with Crippen LogP contribution in [0.3, 0.4) is 0 Å². The number of likely N-dealkylation sites (N-methyl/N-ethyl adjacent to an activating group) is 1. The van der Waals surface area contributed by atoms with E-state index in [9.17, 15) is 10.1 Å². The number of ether oxygens (including phenoxy) is 1. The fourth-order valence-electron chi connectivity index (χ4n) is 3.45. The number of nitrogens with one attached hydrogen (secondary N) is 1. The van der Waals surface area contributed by atoms with Gasteiger partial charge in [-0.05, 0) is 24.2 Å². The Morgan fingerprint density at radius 1 is 1.26 bits per heavy atom. The molecule has 0 bridgehead atoms. The van der Waals surface area contributed by atoms with Gasteiger partial charge in [-0.3, -0.25) is 10.1 Å². The van der Waals surface area contributed by atoms with Crippen LogP contribution in [0.25, 0.3) is 0 Å². The molecule has 4 rings (SSSR count). The molecule has 1 saturated heterocycles. The van der Waals surface area contributed by atoms with Gasteiger partial charge in [-0.2, -0.15) is 0 Å². The van der Waals surface area contributed by atoms with Crippen molar-refractivity contribution in [3.8, 4) is 5.75 Å². The number of benzene rings is 1. The molecule has 0 saturated carbocycles. The van der Waals surface area contributed by atoms with Gasteiger partial charge < -0.3 is 19.9 Å². The SMILES string of the molecule is CN1CCN(c2ncnc(NCc3ccc4c(c3)CCO4)c2[N+](=O)[O-])CC1. The lowest BCUT2D eigenvalue weighted by atomic mass is 10.1. The van der Waals surface area contributed by atoms with Gasteiger partial charge in [-0.25, -0.2) is 9.97 Å². The van der Waals surface area contributed by atoms with E-state index in [0.717, 1.165) is 30.8 Å². The quantitative estimate of drug-likeness (QED) is 0.627. The van der Waals surface area contributed by atoms with Crippen LogP contribution in [-0.4, -0.2) is 59.6 Å². The summed E-state index contributed by atoms with van der Waals surface area (Å²) in [5.41, 5.74) is 2.14. The normalized spacial score (nSPS) is 16.7. The molecule has 2 aliphatic rings. The third-order valence-corrected chi connectivity index (χ3v) is 5.00. The van der Waals surface area contributed by atoms with E-state index in [4.69, 9.17) is 4.74 Å². The Balaban J connectivity index is 1.55. The van der Waals surface area contributed by atoms with E-state index in [1.807, 2.05) is 24.1 Å². The zero-order valence-electron chi connectivity index (χ0n) is 15.2. The molecule has 2 aromatic rings. The van der Waals surface area contributed by atoms with Gasteiger partial charge in [0.05, 0.1) is 11.5 Å². The summed E-state index contributed by atoms with van der Waals surface area (Å²) in [6, 6.07) is 5.98. The number of piperazine rings is 1. The molecule has 1 aromatic heterocycles. The molecule has 1 fully saturated rings. The van der Waals surface area contributed by atoms with Crippen LogP contribution in [0.2, 0.25) is 0 Å². The number of hydrogen-bond acceptors (Lipinski definition) is 8. The summed E-state index contributed by atoms with van der Waals surface area (Å²) >= 11 is 0. The van der Waals surface area contributed by atoms with Crippen molar-refractivity contribution in [3.63, 3.8) is 0 Å². The number of aromatic nitrogens is 2. The number of hydrogen-bond donors (Lipinski definition) is 1. The molecule has 9 nitrogen and oxygen atoms in total. The molecule has 0 atom stereocenters. The Bertz CT molecular complexity index is 851. The lowest BCUT2D eigenvalue weighted by molar-refractivity contribution is -0.383. The molecule has 1 N–H and O–H groups in total. The third kappa shape index (κ3) is 3.63. The molecule has 0 unspecified atom stereocenters. The maximum atomic E-state index is 11.7. The second kappa shape index (κ2) is 7.36. The fourth-order valence-corrected chi connectivity index (χ4v) is 3.45. The summed E-state index contributed by atoms with van der Waals surface area (Å²) in [6.45, 7) is 4.27. The van der Waals surface area contributed by atoms with E-state index in [1.54, 1.807) is 0 Å². The highest BCUT2D eigenvalue weighted by Crippen LogP contribution is 2.33. The Morgan fingerprint density at radius 2 is 2.07 bits per heavy atom. The summed E-state index contributed by atoms with van der Waals surface area (Å²) in [6.07, 6.45) is 2.28. The topological polar surface area (TPSA) is 96.7 Å². The van der Waals surface area contributed by atoms with Crippen LogP contribution < -0.4 is 15.0 Å². The van der Waals surface area contributed by atoms with Gasteiger partial charge in [0, 0.05) is 39.1 Å². The maximum Gasteiger partial charge on any atom is 0.353 e. The highest BCUT2D eigenvalue weighted by atomic mass is 16.6. The minimum Gasteiger partial charge on any atom is -0.493 e. The van der Waals surface area contributed by atoms with Crippen LogP contribution in [0.15, 0.2) is 24.5 Å². The van der Waals surface area contributed by atoms with Gasteiger partial charge in [0.1, 0.15) is 12.1 Å². The monoisotopic (exact) mass is 370 g/mol. The van der Waals surface area contributed by atoms with Gasteiger partial charge in [0.15, 0.2) is 0 Å². The first-order valence-electron chi connectivity index (χ1n) is 9.03. The molecule has 27 heavy (non-hydrogen) atoms.